The van der Waals surface area contributed by atoms with Crippen molar-refractivity contribution in [2.75, 3.05) is 33.4 Å². The molecule has 0 spiro atoms. The lowest BCUT2D eigenvalue weighted by Gasteiger charge is -2.40. The first kappa shape index (κ1) is 8.90. The second-order valence-electron chi connectivity index (χ2n) is 5.00. The Morgan fingerprint density at radius 2 is 2.06 bits per heavy atom. The van der Waals surface area contributed by atoms with Crippen LogP contribution >= 0.6 is 0 Å². The summed E-state index contributed by atoms with van der Waals surface area (Å²) in [6.45, 7) is -0.799. The molecule has 1 aliphatic heterocycles. The van der Waals surface area contributed by atoms with Crippen molar-refractivity contribution in [3.8, 4) is 0 Å². The van der Waals surface area contributed by atoms with Crippen molar-refractivity contribution < 1.29 is 16.3 Å². The lowest BCUT2D eigenvalue weighted by Crippen LogP contribution is -2.46. The molecule has 0 bridgehead atoms. The number of ether oxygens (including phenoxy) is 2. The van der Waals surface area contributed by atoms with Crippen molar-refractivity contribution in [1.29, 1.82) is 0 Å². The number of hydrogen-bond acceptors (Lipinski definition) is 4. The molecular formula is C14H28N2O2. The second kappa shape index (κ2) is 7.43. The van der Waals surface area contributed by atoms with Crippen LogP contribution in [0.5, 0.6) is 0 Å². The second-order valence-corrected chi connectivity index (χ2v) is 5.00. The van der Waals surface area contributed by atoms with Gasteiger partial charge >= 0.3 is 0 Å². The van der Waals surface area contributed by atoms with E-state index in [0.717, 1.165) is 25.7 Å². The van der Waals surface area contributed by atoms with Crippen LogP contribution in [0.2, 0.25) is 0 Å². The van der Waals surface area contributed by atoms with Gasteiger partial charge in [0.1, 0.15) is 0 Å². The molecule has 0 aromatic rings. The van der Waals surface area contributed by atoms with Crippen LogP contribution in [0.4, 0.5) is 0 Å². The van der Waals surface area contributed by atoms with Crippen molar-refractivity contribution >= 4 is 0 Å². The summed E-state index contributed by atoms with van der Waals surface area (Å²) in [5.74, 6) is 0. The molecule has 1 unspecified atom stereocenters. The summed E-state index contributed by atoms with van der Waals surface area (Å²) in [5, 5.41) is 0. The number of methoxy groups -OCH3 is 1. The molecule has 0 radical (unpaired) electrons. The topological polar surface area (TPSA) is 47.7 Å². The fourth-order valence-electron chi connectivity index (χ4n) is 2.60. The van der Waals surface area contributed by atoms with Gasteiger partial charge in [-0.05, 0) is 51.5 Å². The highest BCUT2D eigenvalue weighted by atomic mass is 16.5. The lowest BCUT2D eigenvalue weighted by molar-refractivity contribution is -0.0164. The molecule has 1 atom stereocenters. The molecule has 4 nitrogen and oxygen atoms in total. The lowest BCUT2D eigenvalue weighted by atomic mass is 9.90. The Hall–Kier alpha value is -0.160. The molecule has 2 N–H and O–H groups in total. The first-order chi connectivity index (χ1) is 10.6. The molecule has 1 heterocycles. The van der Waals surface area contributed by atoms with E-state index in [1.54, 1.807) is 12.0 Å². The van der Waals surface area contributed by atoms with E-state index >= 15 is 0 Å². The predicted molar refractivity (Wildman–Crippen MR) is 72.7 cm³/mol. The highest BCUT2D eigenvalue weighted by molar-refractivity contribution is 4.84. The molecule has 1 saturated carbocycles. The van der Waals surface area contributed by atoms with Gasteiger partial charge < -0.3 is 20.1 Å². The van der Waals surface area contributed by atoms with Crippen LogP contribution < -0.4 is 5.73 Å². The summed E-state index contributed by atoms with van der Waals surface area (Å²) in [5.41, 5.74) is 5.71. The van der Waals surface area contributed by atoms with Crippen LogP contribution in [-0.2, 0) is 9.47 Å². The minimum atomic E-state index is -2.41. The minimum Gasteiger partial charge on any atom is -0.382 e. The van der Waals surface area contributed by atoms with Crippen LogP contribution in [0, 0.1) is 0 Å². The van der Waals surface area contributed by atoms with E-state index in [1.807, 2.05) is 0 Å². The third-order valence-electron chi connectivity index (χ3n) is 3.71. The number of hydrogen-bond donors (Lipinski definition) is 1. The number of piperidine rings is 1. The first-order valence-corrected chi connectivity index (χ1v) is 6.79. The van der Waals surface area contributed by atoms with Gasteiger partial charge in [0.05, 0.1) is 19.3 Å². The Kier molecular flexibility index (Phi) is 3.68. The predicted octanol–water partition coefficient (Wildman–Crippen LogP) is 1.38. The van der Waals surface area contributed by atoms with Gasteiger partial charge in [0.2, 0.25) is 0 Å². The average Bonchev–Trinajstić information content (AvgIpc) is 2.47. The largest absolute Gasteiger partial charge is 0.382 e. The maximum atomic E-state index is 8.23. The quantitative estimate of drug-likeness (QED) is 0.760. The number of likely N-dealkylation sites (tertiary alicyclic amines) is 1. The fourth-order valence-corrected chi connectivity index (χ4v) is 2.60. The molecule has 1 saturated heterocycles. The molecular weight excluding hydrogens is 228 g/mol. The highest BCUT2D eigenvalue weighted by Crippen LogP contribution is 2.26. The van der Waals surface area contributed by atoms with E-state index in [-0.39, 0.29) is 18.6 Å². The van der Waals surface area contributed by atoms with E-state index in [2.05, 4.69) is 0 Å². The minimum absolute atomic E-state index is 0.0292. The molecule has 18 heavy (non-hydrogen) atoms. The Balaban J connectivity index is 1.96. The average molecular weight is 261 g/mol. The van der Waals surface area contributed by atoms with Crippen LogP contribution in [0.15, 0.2) is 0 Å². The van der Waals surface area contributed by atoms with Crippen molar-refractivity contribution in [3.63, 3.8) is 0 Å². The number of rotatable bonds is 5. The zero-order valence-electron chi connectivity index (χ0n) is 16.2. The Labute approximate surface area is 118 Å². The standard InChI is InChI=1S/C14H28N2O2/c1-17-10-11-18-14-4-2-13(3-5-14)16-8-6-12(15)7-9-16/h12-14H,2-11,15H2,1H3/i6D2,8D2,12D. The van der Waals surface area contributed by atoms with Gasteiger partial charge in [-0.15, -0.1) is 0 Å². The zero-order chi connectivity index (χ0) is 17.3. The summed E-state index contributed by atoms with van der Waals surface area (Å²) in [4.78, 5) is 1.58. The van der Waals surface area contributed by atoms with Crippen LogP contribution in [0.1, 0.15) is 45.3 Å². The normalized spacial score (nSPS) is 48.4. The van der Waals surface area contributed by atoms with Gasteiger partial charge in [0.25, 0.3) is 0 Å². The van der Waals surface area contributed by atoms with Gasteiger partial charge in [-0.2, -0.15) is 0 Å². The van der Waals surface area contributed by atoms with Gasteiger partial charge in [0.15, 0.2) is 0 Å². The molecule has 0 amide bonds. The SMILES string of the molecule is [2H]C1(N)CCN(C2CCC(OCCOC)CC2)C([2H])([2H])C1([2H])[2H]. The van der Waals surface area contributed by atoms with E-state index < -0.39 is 18.9 Å². The summed E-state index contributed by atoms with van der Waals surface area (Å²) >= 11 is 0. The molecule has 4 heteroatoms. The fraction of sp³-hybridized carbons (Fsp3) is 1.00. The summed E-state index contributed by atoms with van der Waals surface area (Å²) < 4.78 is 51.1. The molecule has 2 aliphatic rings. The number of nitrogens with zero attached hydrogens (tertiary/aromatic N) is 1. The molecule has 106 valence electrons. The van der Waals surface area contributed by atoms with E-state index in [4.69, 9.17) is 22.1 Å². The van der Waals surface area contributed by atoms with Crippen LogP contribution in [-0.4, -0.2) is 56.4 Å². The van der Waals surface area contributed by atoms with E-state index in [0.29, 0.717) is 19.8 Å². The smallest absolute Gasteiger partial charge is 0.0704 e. The van der Waals surface area contributed by atoms with Gasteiger partial charge in [-0.1, -0.05) is 0 Å². The summed E-state index contributed by atoms with van der Waals surface area (Å²) in [6, 6.07) is -1.92. The van der Waals surface area contributed by atoms with Crippen molar-refractivity contribution in [1.82, 2.24) is 4.90 Å². The van der Waals surface area contributed by atoms with Crippen LogP contribution in [0.25, 0.3) is 0 Å². The first-order valence-electron chi connectivity index (χ1n) is 9.29. The highest BCUT2D eigenvalue weighted by Gasteiger charge is 2.28. The number of nitrogens with two attached hydrogens (primary N) is 1. The molecule has 2 fully saturated rings. The zero-order valence-corrected chi connectivity index (χ0v) is 11.2. The Morgan fingerprint density at radius 1 is 1.28 bits per heavy atom. The van der Waals surface area contributed by atoms with Crippen LogP contribution in [0.3, 0.4) is 0 Å². The van der Waals surface area contributed by atoms with E-state index in [9.17, 15) is 0 Å². The maximum Gasteiger partial charge on any atom is 0.0704 e. The van der Waals surface area contributed by atoms with Crippen molar-refractivity contribution in [3.05, 3.63) is 0 Å². The molecule has 1 aliphatic carbocycles. The third kappa shape index (κ3) is 4.19. The third-order valence-corrected chi connectivity index (χ3v) is 3.71. The van der Waals surface area contributed by atoms with Gasteiger partial charge in [-0.3, -0.25) is 0 Å². The summed E-state index contributed by atoms with van der Waals surface area (Å²) in [6.07, 6.45) is 1.08. The molecule has 0 aromatic carbocycles. The molecule has 2 rings (SSSR count). The van der Waals surface area contributed by atoms with Gasteiger partial charge in [0, 0.05) is 26.0 Å². The van der Waals surface area contributed by atoms with E-state index in [1.165, 1.54) is 0 Å². The van der Waals surface area contributed by atoms with Gasteiger partial charge in [-0.25, -0.2) is 0 Å². The molecule has 0 aromatic heterocycles. The Bertz CT molecular complexity index is 401. The summed E-state index contributed by atoms with van der Waals surface area (Å²) in [7, 11) is 1.64. The van der Waals surface area contributed by atoms with Crippen molar-refractivity contribution in [2.45, 2.75) is 56.6 Å². The maximum absolute atomic E-state index is 8.23. The Morgan fingerprint density at radius 3 is 2.78 bits per heavy atom. The monoisotopic (exact) mass is 261 g/mol. The van der Waals surface area contributed by atoms with Crippen molar-refractivity contribution in [2.24, 2.45) is 5.73 Å².